The van der Waals surface area contributed by atoms with Crippen molar-refractivity contribution < 1.29 is 9.53 Å². The summed E-state index contributed by atoms with van der Waals surface area (Å²) in [6, 6.07) is 10.1. The average molecular weight is 327 g/mol. The second kappa shape index (κ2) is 7.62. The number of pyridine rings is 1. The Morgan fingerprint density at radius 2 is 2.17 bits per heavy atom. The van der Waals surface area contributed by atoms with Crippen molar-refractivity contribution in [2.45, 2.75) is 52.5 Å². The Morgan fingerprint density at radius 3 is 2.96 bits per heavy atom. The Hall–Kier alpha value is -2.14. The predicted molar refractivity (Wildman–Crippen MR) is 92.3 cm³/mol. The quantitative estimate of drug-likeness (QED) is 0.848. The molecule has 2 aromatic rings. The molecule has 128 valence electrons. The lowest BCUT2D eigenvalue weighted by molar-refractivity contribution is -0.134. The van der Waals surface area contributed by atoms with Crippen molar-refractivity contribution in [3.05, 3.63) is 53.6 Å². The summed E-state index contributed by atoms with van der Waals surface area (Å²) in [5.41, 5.74) is 3.09. The van der Waals surface area contributed by atoms with Gasteiger partial charge in [-0.1, -0.05) is 13.0 Å². The van der Waals surface area contributed by atoms with Crippen LogP contribution in [-0.2, 0) is 29.2 Å². The molecule has 0 bridgehead atoms. The highest BCUT2D eigenvalue weighted by Gasteiger charge is 2.25. The molecule has 1 amide bonds. The summed E-state index contributed by atoms with van der Waals surface area (Å²) in [5.74, 6) is 0.203. The molecule has 1 aliphatic rings. The number of amides is 1. The highest BCUT2D eigenvalue weighted by Crippen LogP contribution is 2.17. The molecule has 0 aromatic carbocycles. The molecule has 0 radical (unpaired) electrons. The summed E-state index contributed by atoms with van der Waals surface area (Å²) in [5, 5.41) is 0. The van der Waals surface area contributed by atoms with Gasteiger partial charge in [0.15, 0.2) is 0 Å². The minimum atomic E-state index is -0.0261. The first kappa shape index (κ1) is 16.7. The second-order valence-corrected chi connectivity index (χ2v) is 6.38. The first-order valence-corrected chi connectivity index (χ1v) is 8.61. The van der Waals surface area contributed by atoms with Gasteiger partial charge >= 0.3 is 0 Å². The number of hydrogen-bond donors (Lipinski definition) is 0. The molecule has 5 nitrogen and oxygen atoms in total. The van der Waals surface area contributed by atoms with Crippen LogP contribution in [0.25, 0.3) is 0 Å². The van der Waals surface area contributed by atoms with E-state index in [4.69, 9.17) is 4.74 Å². The summed E-state index contributed by atoms with van der Waals surface area (Å²) >= 11 is 0. The van der Waals surface area contributed by atoms with E-state index in [0.717, 1.165) is 24.4 Å². The lowest BCUT2D eigenvalue weighted by atomic mass is 10.2. The minimum Gasteiger partial charge on any atom is -0.368 e. The summed E-state index contributed by atoms with van der Waals surface area (Å²) in [6.07, 6.45) is 3.49. The zero-order chi connectivity index (χ0) is 16.9. The van der Waals surface area contributed by atoms with Crippen LogP contribution in [0.2, 0.25) is 0 Å². The van der Waals surface area contributed by atoms with Crippen molar-refractivity contribution in [3.63, 3.8) is 0 Å². The van der Waals surface area contributed by atoms with Gasteiger partial charge in [-0.25, -0.2) is 0 Å². The van der Waals surface area contributed by atoms with E-state index < -0.39 is 0 Å². The Bertz CT molecular complexity index is 695. The van der Waals surface area contributed by atoms with Gasteiger partial charge in [-0.2, -0.15) is 0 Å². The number of hydrogen-bond acceptors (Lipinski definition) is 3. The second-order valence-electron chi connectivity index (χ2n) is 6.38. The predicted octanol–water partition coefficient (Wildman–Crippen LogP) is 2.92. The van der Waals surface area contributed by atoms with Gasteiger partial charge in [0.1, 0.15) is 0 Å². The van der Waals surface area contributed by atoms with Crippen LogP contribution < -0.4 is 0 Å². The number of nitrogens with zero attached hydrogens (tertiary/aromatic N) is 3. The largest absolute Gasteiger partial charge is 0.368 e. The number of aryl methyl sites for hydroxylation is 1. The molecule has 0 N–H and O–H groups in total. The molecule has 0 spiro atoms. The minimum absolute atomic E-state index is 0.0261. The number of aromatic nitrogens is 2. The fraction of sp³-hybridized carbons (Fsp3) is 0.474. The molecule has 3 heterocycles. The zero-order valence-electron chi connectivity index (χ0n) is 14.4. The highest BCUT2D eigenvalue weighted by atomic mass is 16.5. The Kier molecular flexibility index (Phi) is 5.30. The van der Waals surface area contributed by atoms with E-state index in [1.807, 2.05) is 43.0 Å². The van der Waals surface area contributed by atoms with Crippen molar-refractivity contribution in [2.75, 3.05) is 6.54 Å². The third kappa shape index (κ3) is 4.03. The Labute approximate surface area is 143 Å². The van der Waals surface area contributed by atoms with E-state index in [0.29, 0.717) is 26.1 Å². The van der Waals surface area contributed by atoms with Gasteiger partial charge in [-0.15, -0.1) is 0 Å². The van der Waals surface area contributed by atoms with E-state index in [9.17, 15) is 4.79 Å². The zero-order valence-corrected chi connectivity index (χ0v) is 14.4. The van der Waals surface area contributed by atoms with Gasteiger partial charge in [0.2, 0.25) is 5.91 Å². The lowest BCUT2D eigenvalue weighted by Gasteiger charge is -2.24. The molecule has 0 saturated carbocycles. The molecule has 5 heteroatoms. The summed E-state index contributed by atoms with van der Waals surface area (Å²) in [6.45, 7) is 6.55. The van der Waals surface area contributed by atoms with Crippen molar-refractivity contribution in [2.24, 2.45) is 0 Å². The molecule has 0 saturated heterocycles. The van der Waals surface area contributed by atoms with E-state index in [2.05, 4.69) is 21.8 Å². The number of fused-ring (bicyclic) bond motifs is 1. The van der Waals surface area contributed by atoms with Gasteiger partial charge < -0.3 is 14.2 Å². The average Bonchev–Trinajstić information content (AvgIpc) is 2.91. The smallest absolute Gasteiger partial charge is 0.222 e. The number of ether oxygens (including phenoxy) is 1. The highest BCUT2D eigenvalue weighted by molar-refractivity contribution is 5.76. The summed E-state index contributed by atoms with van der Waals surface area (Å²) in [7, 11) is 0. The molecule has 0 aliphatic carbocycles. The fourth-order valence-corrected chi connectivity index (χ4v) is 3.10. The molecule has 24 heavy (non-hydrogen) atoms. The van der Waals surface area contributed by atoms with Gasteiger partial charge in [-0.05, 0) is 37.6 Å². The SMILES string of the molecule is CCCC(=O)N1Cc2cccn2CC(OCc2cccc(C)n2)C1. The van der Waals surface area contributed by atoms with Crippen molar-refractivity contribution in [1.82, 2.24) is 14.5 Å². The van der Waals surface area contributed by atoms with Gasteiger partial charge in [0, 0.05) is 30.6 Å². The van der Waals surface area contributed by atoms with Crippen LogP contribution in [0.4, 0.5) is 0 Å². The lowest BCUT2D eigenvalue weighted by Crippen LogP contribution is -2.37. The third-order valence-electron chi connectivity index (χ3n) is 4.33. The first-order chi connectivity index (χ1) is 11.7. The van der Waals surface area contributed by atoms with Crippen LogP contribution >= 0.6 is 0 Å². The summed E-state index contributed by atoms with van der Waals surface area (Å²) in [4.78, 5) is 18.8. The third-order valence-corrected chi connectivity index (χ3v) is 4.33. The number of carbonyl (C=O) groups is 1. The number of carbonyl (C=O) groups excluding carboxylic acids is 1. The topological polar surface area (TPSA) is 47.4 Å². The standard InChI is InChI=1S/C19H25N3O2/c1-3-6-19(23)22-11-17-9-5-10-21(17)12-18(13-22)24-14-16-8-4-7-15(2)20-16/h4-5,7-10,18H,3,6,11-14H2,1-2H3. The molecule has 0 fully saturated rings. The van der Waals surface area contributed by atoms with Gasteiger partial charge in [0.05, 0.1) is 31.5 Å². The van der Waals surface area contributed by atoms with Crippen molar-refractivity contribution >= 4 is 5.91 Å². The van der Waals surface area contributed by atoms with Crippen LogP contribution in [0.3, 0.4) is 0 Å². The van der Waals surface area contributed by atoms with Crippen molar-refractivity contribution in [1.29, 1.82) is 0 Å². The maximum atomic E-state index is 12.4. The monoisotopic (exact) mass is 327 g/mol. The fourth-order valence-electron chi connectivity index (χ4n) is 3.10. The van der Waals surface area contributed by atoms with Crippen molar-refractivity contribution in [3.8, 4) is 0 Å². The Balaban J connectivity index is 1.70. The van der Waals surface area contributed by atoms with E-state index in [1.54, 1.807) is 0 Å². The van der Waals surface area contributed by atoms with Crippen LogP contribution in [0.15, 0.2) is 36.5 Å². The first-order valence-electron chi connectivity index (χ1n) is 8.61. The normalized spacial score (nSPS) is 17.4. The Morgan fingerprint density at radius 1 is 1.29 bits per heavy atom. The van der Waals surface area contributed by atoms with Crippen LogP contribution in [0, 0.1) is 6.92 Å². The molecular weight excluding hydrogens is 302 g/mol. The molecule has 2 aromatic heterocycles. The maximum Gasteiger partial charge on any atom is 0.222 e. The maximum absolute atomic E-state index is 12.4. The molecule has 1 unspecified atom stereocenters. The van der Waals surface area contributed by atoms with E-state index in [1.165, 1.54) is 5.69 Å². The van der Waals surface area contributed by atoms with Gasteiger partial charge in [0.25, 0.3) is 0 Å². The van der Waals surface area contributed by atoms with Crippen LogP contribution in [0.1, 0.15) is 36.8 Å². The molecule has 1 aliphatic heterocycles. The van der Waals surface area contributed by atoms with E-state index >= 15 is 0 Å². The van der Waals surface area contributed by atoms with Gasteiger partial charge in [-0.3, -0.25) is 9.78 Å². The van der Waals surface area contributed by atoms with Crippen LogP contribution in [-0.4, -0.2) is 33.0 Å². The summed E-state index contributed by atoms with van der Waals surface area (Å²) < 4.78 is 8.30. The number of rotatable bonds is 5. The molecular formula is C19H25N3O2. The molecule has 3 rings (SSSR count). The van der Waals surface area contributed by atoms with E-state index in [-0.39, 0.29) is 12.0 Å². The van der Waals surface area contributed by atoms with Crippen LogP contribution in [0.5, 0.6) is 0 Å². The molecule has 1 atom stereocenters.